The third kappa shape index (κ3) is 2.14. The second kappa shape index (κ2) is 4.72. The molecule has 18 heavy (non-hydrogen) atoms. The second-order valence-corrected chi connectivity index (χ2v) is 5.69. The zero-order chi connectivity index (χ0) is 13.4. The second-order valence-electron chi connectivity index (χ2n) is 4.84. The zero-order valence-corrected chi connectivity index (χ0v) is 12.6. The Labute approximate surface area is 115 Å². The van der Waals surface area contributed by atoms with Crippen molar-refractivity contribution < 1.29 is 0 Å². The van der Waals surface area contributed by atoms with Gasteiger partial charge >= 0.3 is 0 Å². The summed E-state index contributed by atoms with van der Waals surface area (Å²) in [5, 5.41) is 8.16. The van der Waals surface area contributed by atoms with Crippen LogP contribution >= 0.6 is 15.9 Å². The van der Waals surface area contributed by atoms with Gasteiger partial charge in [-0.15, -0.1) is 5.10 Å². The number of nitrogens with two attached hydrogens (primary N) is 1. The van der Waals surface area contributed by atoms with Crippen LogP contribution < -0.4 is 5.73 Å². The molecule has 0 amide bonds. The number of aryl methyl sites for hydroxylation is 2. The van der Waals surface area contributed by atoms with Crippen molar-refractivity contribution in [2.24, 2.45) is 0 Å². The van der Waals surface area contributed by atoms with Crippen molar-refractivity contribution in [1.29, 1.82) is 0 Å². The molecule has 2 aromatic rings. The van der Waals surface area contributed by atoms with Crippen LogP contribution in [0.4, 0.5) is 5.82 Å². The Morgan fingerprint density at radius 3 is 2.50 bits per heavy atom. The van der Waals surface area contributed by atoms with Gasteiger partial charge in [-0.3, -0.25) is 0 Å². The summed E-state index contributed by atoms with van der Waals surface area (Å²) in [4.78, 5) is 0. The molecule has 2 rings (SSSR count). The van der Waals surface area contributed by atoms with Crippen molar-refractivity contribution in [1.82, 2.24) is 15.0 Å². The lowest BCUT2D eigenvalue weighted by molar-refractivity contribution is 0.711. The number of halogens is 1. The van der Waals surface area contributed by atoms with Crippen LogP contribution in [0.1, 0.15) is 36.6 Å². The van der Waals surface area contributed by atoms with E-state index in [2.05, 4.69) is 66.1 Å². The van der Waals surface area contributed by atoms with Gasteiger partial charge in [0.1, 0.15) is 0 Å². The molecule has 0 atom stereocenters. The summed E-state index contributed by atoms with van der Waals surface area (Å²) >= 11 is 3.60. The van der Waals surface area contributed by atoms with Gasteiger partial charge in [0.15, 0.2) is 5.82 Å². The first-order chi connectivity index (χ1) is 8.41. The predicted octanol–water partition coefficient (Wildman–Crippen LogP) is 3.35. The van der Waals surface area contributed by atoms with Crippen molar-refractivity contribution in [3.8, 4) is 5.69 Å². The van der Waals surface area contributed by atoms with Crippen LogP contribution in [0.15, 0.2) is 16.6 Å². The number of aromatic nitrogens is 3. The third-order valence-electron chi connectivity index (χ3n) is 2.89. The largest absolute Gasteiger partial charge is 0.381 e. The van der Waals surface area contributed by atoms with E-state index in [-0.39, 0.29) is 5.92 Å². The lowest BCUT2D eigenvalue weighted by Gasteiger charge is -2.14. The fraction of sp³-hybridized carbons (Fsp3) is 0.385. The van der Waals surface area contributed by atoms with Gasteiger partial charge in [-0.1, -0.05) is 25.1 Å². The van der Waals surface area contributed by atoms with Crippen molar-refractivity contribution in [3.05, 3.63) is 33.4 Å². The topological polar surface area (TPSA) is 56.7 Å². The van der Waals surface area contributed by atoms with E-state index in [1.165, 1.54) is 5.56 Å². The van der Waals surface area contributed by atoms with Gasteiger partial charge in [0.2, 0.25) is 0 Å². The number of rotatable bonds is 2. The Hall–Kier alpha value is -1.36. The standard InChI is InChI=1S/C13H17BrN4/c1-7(2)11-13(15)16-17-18(11)12-9(4)5-8(3)6-10(12)14/h5-7H,15H2,1-4H3. The van der Waals surface area contributed by atoms with Crippen LogP contribution in [0.25, 0.3) is 5.69 Å². The van der Waals surface area contributed by atoms with Crippen molar-refractivity contribution >= 4 is 21.7 Å². The van der Waals surface area contributed by atoms with Crippen LogP contribution in [0.5, 0.6) is 0 Å². The van der Waals surface area contributed by atoms with Gasteiger partial charge in [0.05, 0.1) is 11.4 Å². The highest BCUT2D eigenvalue weighted by Crippen LogP contribution is 2.30. The molecule has 0 saturated carbocycles. The van der Waals surface area contributed by atoms with E-state index in [9.17, 15) is 0 Å². The summed E-state index contributed by atoms with van der Waals surface area (Å²) in [6.07, 6.45) is 0. The number of hydrogen-bond acceptors (Lipinski definition) is 3. The Balaban J connectivity index is 2.70. The van der Waals surface area contributed by atoms with Crippen molar-refractivity contribution in [2.45, 2.75) is 33.6 Å². The molecule has 0 unspecified atom stereocenters. The monoisotopic (exact) mass is 308 g/mol. The lowest BCUT2D eigenvalue weighted by atomic mass is 10.1. The maximum absolute atomic E-state index is 5.90. The third-order valence-corrected chi connectivity index (χ3v) is 3.49. The maximum atomic E-state index is 5.90. The average molecular weight is 309 g/mol. The first-order valence-electron chi connectivity index (χ1n) is 5.90. The minimum atomic E-state index is 0.271. The highest BCUT2D eigenvalue weighted by Gasteiger charge is 2.18. The molecule has 1 aromatic carbocycles. The maximum Gasteiger partial charge on any atom is 0.169 e. The molecule has 0 bridgehead atoms. The van der Waals surface area contributed by atoms with E-state index in [1.807, 2.05) is 4.68 Å². The zero-order valence-electron chi connectivity index (χ0n) is 11.0. The van der Waals surface area contributed by atoms with E-state index in [4.69, 9.17) is 5.73 Å². The van der Waals surface area contributed by atoms with Gasteiger partial charge in [-0.2, -0.15) is 0 Å². The van der Waals surface area contributed by atoms with Crippen LogP contribution in [0, 0.1) is 13.8 Å². The Morgan fingerprint density at radius 1 is 1.28 bits per heavy atom. The van der Waals surface area contributed by atoms with E-state index in [0.717, 1.165) is 21.4 Å². The summed E-state index contributed by atoms with van der Waals surface area (Å²) in [5.74, 6) is 0.768. The van der Waals surface area contributed by atoms with Gasteiger partial charge < -0.3 is 5.73 Å². The number of nitrogen functional groups attached to an aromatic ring is 1. The molecule has 0 aliphatic heterocycles. The highest BCUT2D eigenvalue weighted by atomic mass is 79.9. The quantitative estimate of drug-likeness (QED) is 0.925. The molecule has 4 nitrogen and oxygen atoms in total. The van der Waals surface area contributed by atoms with Crippen LogP contribution in [0.2, 0.25) is 0 Å². The Kier molecular flexibility index (Phi) is 3.43. The summed E-state index contributed by atoms with van der Waals surface area (Å²) in [7, 11) is 0. The number of hydrogen-bond donors (Lipinski definition) is 1. The molecule has 0 spiro atoms. The summed E-state index contributed by atoms with van der Waals surface area (Å²) in [6, 6.07) is 4.20. The first kappa shape index (κ1) is 13.1. The molecule has 2 N–H and O–H groups in total. The average Bonchev–Trinajstić information content (AvgIpc) is 2.58. The Bertz CT molecular complexity index is 564. The minimum absolute atomic E-state index is 0.271. The van der Waals surface area contributed by atoms with Gasteiger partial charge in [0, 0.05) is 4.47 Å². The molecule has 0 saturated heterocycles. The molecule has 0 radical (unpaired) electrons. The van der Waals surface area contributed by atoms with Crippen molar-refractivity contribution in [3.63, 3.8) is 0 Å². The molecule has 1 aromatic heterocycles. The normalized spacial score (nSPS) is 11.2. The van der Waals surface area contributed by atoms with Gasteiger partial charge in [-0.25, -0.2) is 4.68 Å². The highest BCUT2D eigenvalue weighted by molar-refractivity contribution is 9.10. The number of benzene rings is 1. The molecular weight excluding hydrogens is 292 g/mol. The fourth-order valence-electron chi connectivity index (χ4n) is 2.18. The van der Waals surface area contributed by atoms with Gasteiger partial charge in [-0.05, 0) is 52.9 Å². The molecule has 0 aliphatic rings. The molecule has 1 heterocycles. The summed E-state index contributed by atoms with van der Waals surface area (Å²) in [6.45, 7) is 8.31. The summed E-state index contributed by atoms with van der Waals surface area (Å²) in [5.41, 5.74) is 10.2. The predicted molar refractivity (Wildman–Crippen MR) is 77.0 cm³/mol. The first-order valence-corrected chi connectivity index (χ1v) is 6.69. The van der Waals surface area contributed by atoms with E-state index in [0.29, 0.717) is 5.82 Å². The number of nitrogens with zero attached hydrogens (tertiary/aromatic N) is 3. The Morgan fingerprint density at radius 2 is 1.94 bits per heavy atom. The molecule has 0 aliphatic carbocycles. The summed E-state index contributed by atoms with van der Waals surface area (Å²) < 4.78 is 2.84. The fourth-order valence-corrected chi connectivity index (χ4v) is 3.02. The van der Waals surface area contributed by atoms with E-state index in [1.54, 1.807) is 0 Å². The number of anilines is 1. The molecule has 96 valence electrons. The SMILES string of the molecule is Cc1cc(C)c(-n2nnc(N)c2C(C)C)c(Br)c1. The minimum Gasteiger partial charge on any atom is -0.381 e. The van der Waals surface area contributed by atoms with Crippen LogP contribution in [-0.4, -0.2) is 15.0 Å². The molecule has 5 heteroatoms. The van der Waals surface area contributed by atoms with Gasteiger partial charge in [0.25, 0.3) is 0 Å². The van der Waals surface area contributed by atoms with E-state index >= 15 is 0 Å². The molecule has 0 fully saturated rings. The van der Waals surface area contributed by atoms with Crippen LogP contribution in [-0.2, 0) is 0 Å². The smallest absolute Gasteiger partial charge is 0.169 e. The van der Waals surface area contributed by atoms with E-state index < -0.39 is 0 Å². The lowest BCUT2D eigenvalue weighted by Crippen LogP contribution is -2.08. The van der Waals surface area contributed by atoms with Crippen LogP contribution in [0.3, 0.4) is 0 Å². The molecular formula is C13H17BrN4. The van der Waals surface area contributed by atoms with Crippen molar-refractivity contribution in [2.75, 3.05) is 5.73 Å².